The predicted molar refractivity (Wildman–Crippen MR) is 88.3 cm³/mol. The molecule has 2 aromatic carbocycles. The summed E-state index contributed by atoms with van der Waals surface area (Å²) in [6.45, 7) is 4.12. The summed E-state index contributed by atoms with van der Waals surface area (Å²) in [6.07, 6.45) is 3.78. The first-order chi connectivity index (χ1) is 10.3. The number of nitrogens with zero attached hydrogens (tertiary/aromatic N) is 1. The Labute approximate surface area is 125 Å². The molecule has 0 amide bonds. The van der Waals surface area contributed by atoms with E-state index in [1.54, 1.807) is 0 Å². The topological polar surface area (TPSA) is 24.9 Å². The van der Waals surface area contributed by atoms with Gasteiger partial charge in [0.2, 0.25) is 0 Å². The lowest BCUT2D eigenvalue weighted by atomic mass is 10.0. The summed E-state index contributed by atoms with van der Waals surface area (Å²) < 4.78 is 0. The molecule has 1 unspecified atom stereocenters. The number of benzene rings is 2. The van der Waals surface area contributed by atoms with Gasteiger partial charge in [-0.2, -0.15) is 0 Å². The van der Waals surface area contributed by atoms with Crippen molar-refractivity contribution in [1.82, 2.24) is 10.3 Å². The average molecular weight is 276 g/mol. The first kappa shape index (κ1) is 13.8. The fourth-order valence-corrected chi connectivity index (χ4v) is 2.67. The van der Waals surface area contributed by atoms with E-state index < -0.39 is 0 Å². The minimum absolute atomic E-state index is 0.517. The Morgan fingerprint density at radius 2 is 1.86 bits per heavy atom. The second-order valence-corrected chi connectivity index (χ2v) is 5.46. The van der Waals surface area contributed by atoms with Gasteiger partial charge in [-0.05, 0) is 28.5 Å². The van der Waals surface area contributed by atoms with Crippen molar-refractivity contribution in [2.75, 3.05) is 6.54 Å². The van der Waals surface area contributed by atoms with E-state index in [-0.39, 0.29) is 0 Å². The summed E-state index contributed by atoms with van der Waals surface area (Å²) in [5.74, 6) is 0.517. The van der Waals surface area contributed by atoms with Crippen molar-refractivity contribution in [2.24, 2.45) is 0 Å². The molecule has 0 fully saturated rings. The predicted octanol–water partition coefficient (Wildman–Crippen LogP) is 4.13. The third-order valence-electron chi connectivity index (χ3n) is 3.91. The van der Waals surface area contributed by atoms with Crippen molar-refractivity contribution >= 4 is 10.8 Å². The van der Waals surface area contributed by atoms with Crippen LogP contribution in [0.5, 0.6) is 0 Å². The third-order valence-corrected chi connectivity index (χ3v) is 3.91. The van der Waals surface area contributed by atoms with Gasteiger partial charge in [-0.3, -0.25) is 4.98 Å². The summed E-state index contributed by atoms with van der Waals surface area (Å²) >= 11 is 0. The highest BCUT2D eigenvalue weighted by Crippen LogP contribution is 2.18. The van der Waals surface area contributed by atoms with Crippen LogP contribution in [0.25, 0.3) is 10.8 Å². The fraction of sp³-hybridized carbons (Fsp3) is 0.211. The smallest absolute Gasteiger partial charge is 0.0346 e. The number of rotatable bonds is 5. The minimum atomic E-state index is 0.517. The molecule has 21 heavy (non-hydrogen) atoms. The highest BCUT2D eigenvalue weighted by molar-refractivity contribution is 5.84. The van der Waals surface area contributed by atoms with Crippen LogP contribution in [0.3, 0.4) is 0 Å². The molecule has 3 rings (SSSR count). The molecule has 1 N–H and O–H groups in total. The number of pyridine rings is 1. The molecule has 0 aliphatic carbocycles. The fourth-order valence-electron chi connectivity index (χ4n) is 2.67. The molecular formula is C19H20N2. The van der Waals surface area contributed by atoms with Crippen LogP contribution < -0.4 is 5.32 Å². The zero-order chi connectivity index (χ0) is 14.5. The Kier molecular flexibility index (Phi) is 4.27. The van der Waals surface area contributed by atoms with Crippen molar-refractivity contribution in [3.8, 4) is 0 Å². The molecule has 106 valence electrons. The maximum Gasteiger partial charge on any atom is 0.0346 e. The Morgan fingerprint density at radius 3 is 2.71 bits per heavy atom. The van der Waals surface area contributed by atoms with Crippen LogP contribution >= 0.6 is 0 Å². The Morgan fingerprint density at radius 1 is 1.00 bits per heavy atom. The molecule has 1 atom stereocenters. The average Bonchev–Trinajstić information content (AvgIpc) is 2.56. The van der Waals surface area contributed by atoms with Crippen molar-refractivity contribution in [3.05, 3.63) is 78.1 Å². The molecule has 1 aromatic heterocycles. The molecule has 1 heterocycles. The van der Waals surface area contributed by atoms with Crippen molar-refractivity contribution in [1.29, 1.82) is 0 Å². The molecule has 0 aliphatic heterocycles. The molecule has 0 saturated carbocycles. The molecule has 0 bridgehead atoms. The van der Waals surface area contributed by atoms with E-state index in [2.05, 4.69) is 71.8 Å². The van der Waals surface area contributed by atoms with Crippen LogP contribution in [0, 0.1) is 0 Å². The standard InChI is InChI=1S/C19H20N2/c1-15(16-6-3-2-4-7-16)12-21-14-18-9-5-8-17-13-20-11-10-19(17)18/h2-11,13,15,21H,12,14H2,1H3. The quantitative estimate of drug-likeness (QED) is 0.758. The second-order valence-electron chi connectivity index (χ2n) is 5.46. The number of aromatic nitrogens is 1. The van der Waals surface area contributed by atoms with Crippen molar-refractivity contribution in [3.63, 3.8) is 0 Å². The Bertz CT molecular complexity index is 702. The van der Waals surface area contributed by atoms with E-state index in [4.69, 9.17) is 0 Å². The molecule has 0 radical (unpaired) electrons. The molecule has 3 aromatic rings. The molecule has 2 nitrogen and oxygen atoms in total. The number of hydrogen-bond donors (Lipinski definition) is 1. The molecular weight excluding hydrogens is 256 g/mol. The third kappa shape index (κ3) is 3.29. The second kappa shape index (κ2) is 6.51. The minimum Gasteiger partial charge on any atom is -0.312 e. The van der Waals surface area contributed by atoms with Gasteiger partial charge in [0.1, 0.15) is 0 Å². The lowest BCUT2D eigenvalue weighted by Crippen LogP contribution is -2.19. The van der Waals surface area contributed by atoms with Gasteiger partial charge >= 0.3 is 0 Å². The molecule has 0 saturated heterocycles. The van der Waals surface area contributed by atoms with Gasteiger partial charge in [-0.25, -0.2) is 0 Å². The zero-order valence-electron chi connectivity index (χ0n) is 12.3. The lowest BCUT2D eigenvalue weighted by molar-refractivity contribution is 0.617. The van der Waals surface area contributed by atoms with E-state index in [0.717, 1.165) is 13.1 Å². The monoisotopic (exact) mass is 276 g/mol. The van der Waals surface area contributed by atoms with Crippen LogP contribution in [0.15, 0.2) is 67.0 Å². The molecule has 0 spiro atoms. The van der Waals surface area contributed by atoms with Crippen LogP contribution in [0.1, 0.15) is 24.0 Å². The van der Waals surface area contributed by atoms with Gasteiger partial charge < -0.3 is 5.32 Å². The highest BCUT2D eigenvalue weighted by atomic mass is 14.9. The Balaban J connectivity index is 1.65. The lowest BCUT2D eigenvalue weighted by Gasteiger charge is -2.14. The van der Waals surface area contributed by atoms with Gasteiger partial charge in [0.15, 0.2) is 0 Å². The van der Waals surface area contributed by atoms with Crippen LogP contribution in [-0.4, -0.2) is 11.5 Å². The largest absolute Gasteiger partial charge is 0.312 e. The number of fused-ring (bicyclic) bond motifs is 1. The SMILES string of the molecule is CC(CNCc1cccc2cnccc12)c1ccccc1. The van der Waals surface area contributed by atoms with E-state index in [9.17, 15) is 0 Å². The summed E-state index contributed by atoms with van der Waals surface area (Å²) in [6, 6.07) is 19.1. The summed E-state index contributed by atoms with van der Waals surface area (Å²) in [4.78, 5) is 4.18. The maximum atomic E-state index is 4.18. The maximum absolute atomic E-state index is 4.18. The summed E-state index contributed by atoms with van der Waals surface area (Å²) in [5.41, 5.74) is 2.71. The van der Waals surface area contributed by atoms with Crippen molar-refractivity contribution < 1.29 is 0 Å². The van der Waals surface area contributed by atoms with Gasteiger partial charge in [0, 0.05) is 30.9 Å². The number of nitrogens with one attached hydrogen (secondary N) is 1. The van der Waals surface area contributed by atoms with Crippen LogP contribution in [-0.2, 0) is 6.54 Å². The summed E-state index contributed by atoms with van der Waals surface area (Å²) in [7, 11) is 0. The first-order valence-electron chi connectivity index (χ1n) is 7.42. The van der Waals surface area contributed by atoms with E-state index in [1.807, 2.05) is 12.4 Å². The highest BCUT2D eigenvalue weighted by Gasteiger charge is 2.05. The Hall–Kier alpha value is -2.19. The van der Waals surface area contributed by atoms with Crippen molar-refractivity contribution in [2.45, 2.75) is 19.4 Å². The van der Waals surface area contributed by atoms with Gasteiger partial charge in [-0.15, -0.1) is 0 Å². The zero-order valence-corrected chi connectivity index (χ0v) is 12.3. The summed E-state index contributed by atoms with van der Waals surface area (Å²) in [5, 5.41) is 6.06. The normalized spacial score (nSPS) is 12.4. The van der Waals surface area contributed by atoms with Crippen LogP contribution in [0.4, 0.5) is 0 Å². The van der Waals surface area contributed by atoms with Gasteiger partial charge in [0.25, 0.3) is 0 Å². The van der Waals surface area contributed by atoms with Gasteiger partial charge in [-0.1, -0.05) is 55.5 Å². The first-order valence-corrected chi connectivity index (χ1v) is 7.42. The molecule has 2 heteroatoms. The van der Waals surface area contributed by atoms with E-state index >= 15 is 0 Å². The van der Waals surface area contributed by atoms with Gasteiger partial charge in [0.05, 0.1) is 0 Å². The number of hydrogen-bond acceptors (Lipinski definition) is 2. The van der Waals surface area contributed by atoms with E-state index in [1.165, 1.54) is 21.9 Å². The molecule has 0 aliphatic rings. The van der Waals surface area contributed by atoms with E-state index in [0.29, 0.717) is 5.92 Å². The van der Waals surface area contributed by atoms with Crippen LogP contribution in [0.2, 0.25) is 0 Å².